The lowest BCUT2D eigenvalue weighted by Crippen LogP contribution is -2.30. The van der Waals surface area contributed by atoms with Crippen molar-refractivity contribution in [3.05, 3.63) is 0 Å². The number of ether oxygens (including phenoxy) is 3. The van der Waals surface area contributed by atoms with Crippen LogP contribution in [0.3, 0.4) is 0 Å². The first-order chi connectivity index (χ1) is 32.5. The highest BCUT2D eigenvalue weighted by Gasteiger charge is 2.19. The fourth-order valence-corrected chi connectivity index (χ4v) is 9.33. The van der Waals surface area contributed by atoms with Crippen molar-refractivity contribution in [3.63, 3.8) is 0 Å². The van der Waals surface area contributed by atoms with Gasteiger partial charge < -0.3 is 14.2 Å². The van der Waals surface area contributed by atoms with Gasteiger partial charge in [0.05, 0.1) is 0 Å². The lowest BCUT2D eigenvalue weighted by molar-refractivity contribution is -0.167. The topological polar surface area (TPSA) is 78.9 Å². The van der Waals surface area contributed by atoms with E-state index in [1.165, 1.54) is 250 Å². The lowest BCUT2D eigenvalue weighted by atomic mass is 10.0. The largest absolute Gasteiger partial charge is 0.462 e. The molecule has 0 fully saturated rings. The van der Waals surface area contributed by atoms with Crippen molar-refractivity contribution in [1.82, 2.24) is 0 Å². The van der Waals surface area contributed by atoms with Gasteiger partial charge in [-0.2, -0.15) is 0 Å². The molecule has 0 aromatic rings. The molecule has 1 unspecified atom stereocenters. The van der Waals surface area contributed by atoms with E-state index < -0.39 is 6.10 Å². The van der Waals surface area contributed by atoms with Crippen LogP contribution in [0.4, 0.5) is 0 Å². The van der Waals surface area contributed by atoms with Crippen LogP contribution in [0.15, 0.2) is 0 Å². The molecule has 0 aromatic heterocycles. The Kier molecular flexibility index (Phi) is 54.7. The van der Waals surface area contributed by atoms with Crippen LogP contribution in [0.25, 0.3) is 0 Å². The molecule has 0 heterocycles. The minimum Gasteiger partial charge on any atom is -0.462 e. The van der Waals surface area contributed by atoms with Crippen molar-refractivity contribution < 1.29 is 28.6 Å². The Balaban J connectivity index is 4.02. The number of hydrogen-bond donors (Lipinski definition) is 0. The standard InChI is InChI=1S/C60H116O6/c1-4-7-10-13-16-19-21-23-24-25-26-27-28-29-30-31-32-33-34-35-36-38-39-41-44-47-50-53-59(62)65-56-57(55-64-58(61)52-49-46-43-18-15-12-9-6-3)66-60(63)54-51-48-45-42-40-37-22-20-17-14-11-8-5-2/h57H,4-56H2,1-3H3. The van der Waals surface area contributed by atoms with E-state index in [9.17, 15) is 14.4 Å². The summed E-state index contributed by atoms with van der Waals surface area (Å²) in [5.74, 6) is -0.841. The smallest absolute Gasteiger partial charge is 0.306 e. The number of carbonyl (C=O) groups excluding carboxylic acids is 3. The third-order valence-corrected chi connectivity index (χ3v) is 13.9. The predicted molar refractivity (Wildman–Crippen MR) is 284 cm³/mol. The third-order valence-electron chi connectivity index (χ3n) is 13.9. The summed E-state index contributed by atoms with van der Waals surface area (Å²) in [6.45, 7) is 6.67. The van der Waals surface area contributed by atoms with Crippen LogP contribution in [0.1, 0.15) is 348 Å². The highest BCUT2D eigenvalue weighted by molar-refractivity contribution is 5.71. The molecular weight excluding hydrogens is 817 g/mol. The quantitative estimate of drug-likeness (QED) is 0.0343. The van der Waals surface area contributed by atoms with E-state index >= 15 is 0 Å². The Morgan fingerprint density at radius 3 is 0.606 bits per heavy atom. The second-order valence-electron chi connectivity index (χ2n) is 20.6. The summed E-state index contributed by atoms with van der Waals surface area (Å²) in [5.41, 5.74) is 0. The highest BCUT2D eigenvalue weighted by atomic mass is 16.6. The summed E-state index contributed by atoms with van der Waals surface area (Å²) < 4.78 is 16.8. The van der Waals surface area contributed by atoms with Crippen LogP contribution in [0.2, 0.25) is 0 Å². The maximum Gasteiger partial charge on any atom is 0.306 e. The molecular formula is C60H116O6. The first-order valence-electron chi connectivity index (χ1n) is 30.0. The van der Waals surface area contributed by atoms with Gasteiger partial charge in [-0.3, -0.25) is 14.4 Å². The first-order valence-corrected chi connectivity index (χ1v) is 30.0. The molecule has 66 heavy (non-hydrogen) atoms. The molecule has 0 bridgehead atoms. The molecule has 392 valence electrons. The molecule has 0 aromatic carbocycles. The van der Waals surface area contributed by atoms with Crippen molar-refractivity contribution in [1.29, 1.82) is 0 Å². The Hall–Kier alpha value is -1.59. The Morgan fingerprint density at radius 2 is 0.409 bits per heavy atom. The Labute approximate surface area is 412 Å². The minimum absolute atomic E-state index is 0.0618. The average molecular weight is 934 g/mol. The molecule has 6 nitrogen and oxygen atoms in total. The van der Waals surface area contributed by atoms with Gasteiger partial charge in [0.25, 0.3) is 0 Å². The highest BCUT2D eigenvalue weighted by Crippen LogP contribution is 2.18. The zero-order valence-corrected chi connectivity index (χ0v) is 45.0. The van der Waals surface area contributed by atoms with Gasteiger partial charge in [0.1, 0.15) is 13.2 Å². The van der Waals surface area contributed by atoms with E-state index in [1.807, 2.05) is 0 Å². The monoisotopic (exact) mass is 933 g/mol. The second kappa shape index (κ2) is 56.0. The van der Waals surface area contributed by atoms with Crippen LogP contribution in [0, 0.1) is 0 Å². The molecule has 0 amide bonds. The van der Waals surface area contributed by atoms with E-state index in [0.29, 0.717) is 19.3 Å². The number of unbranched alkanes of at least 4 members (excludes halogenated alkanes) is 45. The molecule has 0 spiro atoms. The molecule has 0 saturated carbocycles. The van der Waals surface area contributed by atoms with Crippen LogP contribution in [-0.4, -0.2) is 37.2 Å². The van der Waals surface area contributed by atoms with Crippen LogP contribution in [-0.2, 0) is 28.6 Å². The zero-order valence-electron chi connectivity index (χ0n) is 45.0. The predicted octanol–water partition coefficient (Wildman–Crippen LogP) is 19.9. The molecule has 0 rings (SSSR count). The van der Waals surface area contributed by atoms with E-state index in [2.05, 4.69) is 20.8 Å². The number of hydrogen-bond acceptors (Lipinski definition) is 6. The summed E-state index contributed by atoms with van der Waals surface area (Å²) >= 11 is 0. The summed E-state index contributed by atoms with van der Waals surface area (Å²) in [5, 5.41) is 0. The fraction of sp³-hybridized carbons (Fsp3) is 0.950. The summed E-state index contributed by atoms with van der Waals surface area (Å²) in [4.78, 5) is 37.9. The van der Waals surface area contributed by atoms with Gasteiger partial charge in [0.15, 0.2) is 6.10 Å². The Morgan fingerprint density at radius 1 is 0.242 bits per heavy atom. The molecule has 0 aliphatic carbocycles. The van der Waals surface area contributed by atoms with Crippen molar-refractivity contribution in [3.8, 4) is 0 Å². The SMILES string of the molecule is CCCCCCCCCCCCCCCCCCCCCCCCCCCCCC(=O)OCC(COC(=O)CCCCCCCCCC)OC(=O)CCCCCCCCCCCCCCC. The van der Waals surface area contributed by atoms with Gasteiger partial charge in [-0.15, -0.1) is 0 Å². The zero-order chi connectivity index (χ0) is 47.9. The molecule has 1 atom stereocenters. The third kappa shape index (κ3) is 53.4. The molecule has 0 aliphatic heterocycles. The molecule has 6 heteroatoms. The van der Waals surface area contributed by atoms with Crippen molar-refractivity contribution >= 4 is 17.9 Å². The molecule has 0 radical (unpaired) electrons. The maximum absolute atomic E-state index is 12.8. The normalized spacial score (nSPS) is 11.9. The van der Waals surface area contributed by atoms with Crippen molar-refractivity contribution in [2.45, 2.75) is 354 Å². The average Bonchev–Trinajstić information content (AvgIpc) is 3.31. The van der Waals surface area contributed by atoms with Crippen molar-refractivity contribution in [2.24, 2.45) is 0 Å². The van der Waals surface area contributed by atoms with Crippen LogP contribution < -0.4 is 0 Å². The number of esters is 3. The van der Waals surface area contributed by atoms with Crippen LogP contribution in [0.5, 0.6) is 0 Å². The van der Waals surface area contributed by atoms with E-state index in [0.717, 1.165) is 57.8 Å². The second-order valence-corrected chi connectivity index (χ2v) is 20.6. The Bertz CT molecular complexity index is 982. The van der Waals surface area contributed by atoms with Gasteiger partial charge in [-0.05, 0) is 19.3 Å². The van der Waals surface area contributed by atoms with Gasteiger partial charge in [0.2, 0.25) is 0 Å². The molecule has 0 aliphatic rings. The molecule has 0 N–H and O–H groups in total. The summed E-state index contributed by atoms with van der Waals surface area (Å²) in [7, 11) is 0. The first kappa shape index (κ1) is 64.4. The van der Waals surface area contributed by atoms with Gasteiger partial charge in [0, 0.05) is 19.3 Å². The maximum atomic E-state index is 12.8. The van der Waals surface area contributed by atoms with Crippen molar-refractivity contribution in [2.75, 3.05) is 13.2 Å². The fourth-order valence-electron chi connectivity index (χ4n) is 9.33. The molecule has 0 saturated heterocycles. The lowest BCUT2D eigenvalue weighted by Gasteiger charge is -2.18. The van der Waals surface area contributed by atoms with Gasteiger partial charge >= 0.3 is 17.9 Å². The van der Waals surface area contributed by atoms with Gasteiger partial charge in [-0.25, -0.2) is 0 Å². The van der Waals surface area contributed by atoms with E-state index in [1.54, 1.807) is 0 Å². The minimum atomic E-state index is -0.760. The van der Waals surface area contributed by atoms with E-state index in [4.69, 9.17) is 14.2 Å². The summed E-state index contributed by atoms with van der Waals surface area (Å²) in [6, 6.07) is 0. The number of rotatable bonds is 56. The van der Waals surface area contributed by atoms with Gasteiger partial charge in [-0.1, -0.05) is 310 Å². The number of carbonyl (C=O) groups is 3. The van der Waals surface area contributed by atoms with E-state index in [-0.39, 0.29) is 31.1 Å². The summed E-state index contributed by atoms with van der Waals surface area (Å²) in [6.07, 6.45) is 62.7. The van der Waals surface area contributed by atoms with Crippen LogP contribution >= 0.6 is 0 Å².